The van der Waals surface area contributed by atoms with Crippen molar-refractivity contribution in [2.75, 3.05) is 43.0 Å². The molecule has 2 saturated heterocycles. The van der Waals surface area contributed by atoms with E-state index >= 15 is 0 Å². The molecular weight excluding hydrogens is 344 g/mol. The van der Waals surface area contributed by atoms with E-state index in [4.69, 9.17) is 0 Å². The maximum atomic E-state index is 11.9. The van der Waals surface area contributed by atoms with Crippen molar-refractivity contribution in [3.63, 3.8) is 0 Å². The van der Waals surface area contributed by atoms with Crippen molar-refractivity contribution in [2.24, 2.45) is 0 Å². The first-order valence-electron chi connectivity index (χ1n) is 9.34. The molecule has 0 saturated carbocycles. The van der Waals surface area contributed by atoms with Crippen molar-refractivity contribution >= 4 is 28.7 Å². The topological polar surface area (TPSA) is 38.8 Å². The molecule has 6 heteroatoms. The Morgan fingerprint density at radius 1 is 1.15 bits per heavy atom. The molecule has 0 radical (unpaired) electrons. The van der Waals surface area contributed by atoms with Crippen molar-refractivity contribution in [2.45, 2.75) is 25.4 Å². The first-order valence-corrected chi connectivity index (χ1v) is 10.2. The first kappa shape index (κ1) is 17.4. The predicted octanol–water partition coefficient (Wildman–Crippen LogP) is 3.38. The highest BCUT2D eigenvalue weighted by Crippen LogP contribution is 2.27. The van der Waals surface area contributed by atoms with Gasteiger partial charge in [-0.25, -0.2) is 4.79 Å². The fourth-order valence-corrected chi connectivity index (χ4v) is 4.69. The molecule has 0 aliphatic carbocycles. The lowest BCUT2D eigenvalue weighted by Gasteiger charge is -2.38. The van der Waals surface area contributed by atoms with Crippen LogP contribution in [0.5, 0.6) is 0 Å². The van der Waals surface area contributed by atoms with Crippen molar-refractivity contribution in [3.8, 4) is 0 Å². The Labute approximate surface area is 159 Å². The maximum absolute atomic E-state index is 11.9. The van der Waals surface area contributed by atoms with Gasteiger partial charge in [0.1, 0.15) is 0 Å². The summed E-state index contributed by atoms with van der Waals surface area (Å²) in [6.07, 6.45) is 2.35. The van der Waals surface area contributed by atoms with Crippen LogP contribution in [-0.2, 0) is 6.54 Å². The number of nitrogens with zero attached hydrogens (tertiary/aromatic N) is 3. The van der Waals surface area contributed by atoms with Crippen LogP contribution in [0.4, 0.5) is 16.2 Å². The summed E-state index contributed by atoms with van der Waals surface area (Å²) >= 11 is 1.84. The number of hydrogen-bond acceptors (Lipinski definition) is 4. The molecule has 0 bridgehead atoms. The van der Waals surface area contributed by atoms with Crippen LogP contribution >= 0.6 is 11.3 Å². The molecule has 4 rings (SSSR count). The molecule has 2 aliphatic rings. The number of hydrogen-bond donors (Lipinski definition) is 1. The summed E-state index contributed by atoms with van der Waals surface area (Å²) in [5, 5.41) is 5.02. The lowest BCUT2D eigenvalue weighted by Crippen LogP contribution is -2.43. The summed E-state index contributed by atoms with van der Waals surface area (Å²) in [7, 11) is 2.24. The highest BCUT2D eigenvalue weighted by atomic mass is 32.1. The third-order valence-electron chi connectivity index (χ3n) is 5.44. The number of nitrogens with one attached hydrogen (secondary N) is 1. The van der Waals surface area contributed by atoms with Gasteiger partial charge in [-0.15, -0.1) is 11.3 Å². The van der Waals surface area contributed by atoms with E-state index in [0.29, 0.717) is 6.04 Å². The Balaban J connectivity index is 1.36. The van der Waals surface area contributed by atoms with Crippen molar-refractivity contribution in [1.29, 1.82) is 0 Å². The van der Waals surface area contributed by atoms with Crippen LogP contribution in [0.3, 0.4) is 0 Å². The summed E-state index contributed by atoms with van der Waals surface area (Å²) in [5.41, 5.74) is 2.22. The second-order valence-electron chi connectivity index (χ2n) is 7.12. The number of urea groups is 1. The zero-order valence-electron chi connectivity index (χ0n) is 15.2. The molecule has 1 aromatic carbocycles. The standard InChI is InChI=1S/C20H26N4OS/c1-22(15-19-6-3-13-26-19)16-7-10-23(11-8-16)17-4-2-5-18(14-17)24-12-9-21-20(24)25/h2-6,13-14,16H,7-12,15H2,1H3,(H,21,25). The number of carbonyl (C=O) groups is 1. The summed E-state index contributed by atoms with van der Waals surface area (Å²) in [4.78, 5) is 20.1. The monoisotopic (exact) mass is 370 g/mol. The fourth-order valence-electron chi connectivity index (χ4n) is 3.92. The van der Waals surface area contributed by atoms with E-state index in [1.807, 2.05) is 22.3 Å². The Kier molecular flexibility index (Phi) is 5.13. The van der Waals surface area contributed by atoms with E-state index in [2.05, 4.69) is 57.9 Å². The number of amides is 2. The number of anilines is 2. The van der Waals surface area contributed by atoms with Gasteiger partial charge in [-0.3, -0.25) is 9.80 Å². The largest absolute Gasteiger partial charge is 0.371 e. The summed E-state index contributed by atoms with van der Waals surface area (Å²) < 4.78 is 0. The van der Waals surface area contributed by atoms with Crippen molar-refractivity contribution in [3.05, 3.63) is 46.7 Å². The number of rotatable bonds is 5. The fraction of sp³-hybridized carbons (Fsp3) is 0.450. The van der Waals surface area contributed by atoms with Gasteiger partial charge < -0.3 is 10.2 Å². The van der Waals surface area contributed by atoms with Gasteiger partial charge in [-0.05, 0) is 49.5 Å². The number of thiophene rings is 1. The quantitative estimate of drug-likeness (QED) is 0.877. The molecule has 5 nitrogen and oxygen atoms in total. The van der Waals surface area contributed by atoms with Crippen molar-refractivity contribution < 1.29 is 4.79 Å². The number of benzene rings is 1. The Hall–Kier alpha value is -2.05. The van der Waals surface area contributed by atoms with E-state index in [-0.39, 0.29) is 6.03 Å². The average molecular weight is 371 g/mol. The lowest BCUT2D eigenvalue weighted by atomic mass is 10.0. The molecule has 0 spiro atoms. The number of piperidine rings is 1. The van der Waals surface area contributed by atoms with Crippen LogP contribution in [0.1, 0.15) is 17.7 Å². The minimum absolute atomic E-state index is 0.0102. The molecule has 26 heavy (non-hydrogen) atoms. The number of carbonyl (C=O) groups excluding carboxylic acids is 1. The average Bonchev–Trinajstić information content (AvgIpc) is 3.33. The summed E-state index contributed by atoms with van der Waals surface area (Å²) in [5.74, 6) is 0. The van der Waals surface area contributed by atoms with Gasteiger partial charge in [0.15, 0.2) is 0 Å². The minimum atomic E-state index is 0.0102. The van der Waals surface area contributed by atoms with Crippen LogP contribution in [0, 0.1) is 0 Å². The molecule has 1 N–H and O–H groups in total. The Morgan fingerprint density at radius 3 is 2.65 bits per heavy atom. The van der Waals surface area contributed by atoms with Crippen LogP contribution in [0.2, 0.25) is 0 Å². The van der Waals surface area contributed by atoms with Crippen LogP contribution in [0.15, 0.2) is 41.8 Å². The highest BCUT2D eigenvalue weighted by Gasteiger charge is 2.25. The Bertz CT molecular complexity index is 740. The van der Waals surface area contributed by atoms with E-state index in [1.54, 1.807) is 0 Å². The van der Waals surface area contributed by atoms with Gasteiger partial charge in [0, 0.05) is 55.0 Å². The Morgan fingerprint density at radius 2 is 1.96 bits per heavy atom. The molecule has 0 atom stereocenters. The SMILES string of the molecule is CN(Cc1cccs1)C1CCN(c2cccc(N3CCNC3=O)c2)CC1. The molecule has 1 aromatic heterocycles. The predicted molar refractivity (Wildman–Crippen MR) is 108 cm³/mol. The second kappa shape index (κ2) is 7.68. The molecule has 2 aliphatic heterocycles. The van der Waals surface area contributed by atoms with Crippen LogP contribution < -0.4 is 15.1 Å². The molecule has 0 unspecified atom stereocenters. The highest BCUT2D eigenvalue weighted by molar-refractivity contribution is 7.09. The van der Waals surface area contributed by atoms with Crippen molar-refractivity contribution in [1.82, 2.24) is 10.2 Å². The second-order valence-corrected chi connectivity index (χ2v) is 8.15. The zero-order valence-corrected chi connectivity index (χ0v) is 16.0. The van der Waals surface area contributed by atoms with E-state index in [9.17, 15) is 4.79 Å². The van der Waals surface area contributed by atoms with Gasteiger partial charge in [0.05, 0.1) is 0 Å². The molecule has 3 heterocycles. The summed E-state index contributed by atoms with van der Waals surface area (Å²) in [6.45, 7) is 4.65. The minimum Gasteiger partial charge on any atom is -0.371 e. The molecular formula is C20H26N4OS. The molecule has 2 aromatic rings. The normalized spacial score (nSPS) is 18.6. The van der Waals surface area contributed by atoms with Gasteiger partial charge in [0.2, 0.25) is 0 Å². The lowest BCUT2D eigenvalue weighted by molar-refractivity contribution is 0.202. The van der Waals surface area contributed by atoms with Gasteiger partial charge >= 0.3 is 6.03 Å². The molecule has 2 fully saturated rings. The third kappa shape index (κ3) is 3.71. The van der Waals surface area contributed by atoms with Gasteiger partial charge in [0.25, 0.3) is 0 Å². The van der Waals surface area contributed by atoms with Crippen LogP contribution in [0.25, 0.3) is 0 Å². The van der Waals surface area contributed by atoms with Gasteiger partial charge in [-0.1, -0.05) is 12.1 Å². The molecule has 2 amide bonds. The molecule has 138 valence electrons. The van der Waals surface area contributed by atoms with E-state index in [1.165, 1.54) is 23.4 Å². The van der Waals surface area contributed by atoms with E-state index < -0.39 is 0 Å². The van der Waals surface area contributed by atoms with Gasteiger partial charge in [-0.2, -0.15) is 0 Å². The zero-order chi connectivity index (χ0) is 17.9. The smallest absolute Gasteiger partial charge is 0.321 e. The maximum Gasteiger partial charge on any atom is 0.321 e. The summed E-state index contributed by atoms with van der Waals surface area (Å²) in [6, 6.07) is 13.4. The first-order chi connectivity index (χ1) is 12.7. The van der Waals surface area contributed by atoms with Crippen LogP contribution in [-0.4, -0.2) is 50.2 Å². The van der Waals surface area contributed by atoms with E-state index in [0.717, 1.165) is 38.4 Å². The third-order valence-corrected chi connectivity index (χ3v) is 6.30.